The van der Waals surface area contributed by atoms with Crippen molar-refractivity contribution in [3.05, 3.63) is 12.7 Å². The Morgan fingerprint density at radius 1 is 1.05 bits per heavy atom. The Bertz CT molecular complexity index is 2100. The highest BCUT2D eigenvalue weighted by atomic mass is 32.2. The number of anilines is 1. The maximum absolute atomic E-state index is 12.7. The number of imidazole rings is 1. The average molecular weight is 999 g/mol. The number of nitrogens with two attached hydrogens (primary N) is 1. The van der Waals surface area contributed by atoms with Gasteiger partial charge in [0.25, 0.3) is 0 Å². The summed E-state index contributed by atoms with van der Waals surface area (Å²) < 4.78 is 62.2. The van der Waals surface area contributed by atoms with E-state index in [-0.39, 0.29) is 69.9 Å². The highest BCUT2D eigenvalue weighted by Crippen LogP contribution is 2.61. The van der Waals surface area contributed by atoms with Crippen molar-refractivity contribution in [2.75, 3.05) is 55.0 Å². The number of aliphatic hydroxyl groups excluding tert-OH is 2. The molecule has 2 aliphatic rings. The zero-order valence-corrected chi connectivity index (χ0v) is 37.7. The normalized spacial score (nSPS) is 23.1. The topological polar surface area (TPSA) is 410 Å². The predicted octanol–water partition coefficient (Wildman–Crippen LogP) is -1.45. The fourth-order valence-electron chi connectivity index (χ4n) is 5.43. The number of thioether (sulfide) groups is 3. The van der Waals surface area contributed by atoms with E-state index in [9.17, 15) is 67.5 Å². The average Bonchev–Trinajstić information content (AvgIpc) is 3.87. The fourth-order valence-corrected chi connectivity index (χ4v) is 10.7. The number of carbonyl (C=O) groups excluding carboxylic acids is 5. The number of fused-ring (bicyclic) bond motifs is 1. The molecule has 8 unspecified atom stereocenters. The summed E-state index contributed by atoms with van der Waals surface area (Å²) in [7, 11) is -16.5. The van der Waals surface area contributed by atoms with Crippen molar-refractivity contribution < 1.29 is 90.1 Å². The van der Waals surface area contributed by atoms with Gasteiger partial charge in [0.15, 0.2) is 22.8 Å². The van der Waals surface area contributed by atoms with Crippen molar-refractivity contribution in [1.82, 2.24) is 35.5 Å². The summed E-state index contributed by atoms with van der Waals surface area (Å²) in [6.45, 7) is 0.261. The van der Waals surface area contributed by atoms with Crippen LogP contribution in [0.3, 0.4) is 0 Å². The van der Waals surface area contributed by atoms with Crippen LogP contribution in [0.2, 0.25) is 0 Å². The van der Waals surface area contributed by atoms with Crippen LogP contribution < -0.4 is 21.7 Å². The molecule has 8 atom stereocenters. The van der Waals surface area contributed by atoms with Crippen LogP contribution in [-0.2, 0) is 60.3 Å². The molecule has 2 aromatic heterocycles. The number of phosphoric ester groups is 3. The fraction of sp³-hybridized carbons (Fsp3) is 0.655. The number of aliphatic hydroxyl groups is 2. The molecule has 27 nitrogen and oxygen atoms in total. The molecule has 0 aliphatic carbocycles. The molecular weight excluding hydrogens is 953 g/mol. The summed E-state index contributed by atoms with van der Waals surface area (Å²) in [6.07, 6.45) is -6.51. The largest absolute Gasteiger partial charge is 0.481 e. The minimum Gasteiger partial charge on any atom is -0.386 e. The van der Waals surface area contributed by atoms with E-state index >= 15 is 0 Å². The van der Waals surface area contributed by atoms with Gasteiger partial charge >= 0.3 is 23.5 Å². The minimum atomic E-state index is -5.59. The zero-order valence-electron chi connectivity index (χ0n) is 32.6. The number of ether oxygens (including phenoxy) is 1. The summed E-state index contributed by atoms with van der Waals surface area (Å²) in [5.41, 5.74) is 4.21. The smallest absolute Gasteiger partial charge is 0.386 e. The molecule has 11 N–H and O–H groups in total. The third-order valence-corrected chi connectivity index (χ3v) is 14.6. The van der Waals surface area contributed by atoms with E-state index in [4.69, 9.17) is 19.5 Å². The molecular formula is C29H45N8O19P3S3. The minimum absolute atomic E-state index is 0.0146. The van der Waals surface area contributed by atoms with Crippen molar-refractivity contribution >= 4 is 104 Å². The monoisotopic (exact) mass is 998 g/mol. The lowest BCUT2D eigenvalue weighted by Crippen LogP contribution is -2.46. The van der Waals surface area contributed by atoms with Crippen molar-refractivity contribution in [2.45, 2.75) is 63.4 Å². The Morgan fingerprint density at radius 3 is 2.44 bits per heavy atom. The second-order valence-electron chi connectivity index (χ2n) is 13.9. The SMILES string of the molecule is CC(C)(COP(=O)(O)OP(=O)(O)OCC1OC(n2cnc3c(N)ncnc32)C(O)C1OP(=O)(O)O)C(O)C(=O)NCCC(=O)NCCSC(=O)CSCC(=O)NC1CCSC1=O. The van der Waals surface area contributed by atoms with Gasteiger partial charge in [-0.05, 0) is 6.42 Å². The summed E-state index contributed by atoms with van der Waals surface area (Å²) in [4.78, 5) is 111. The molecule has 62 heavy (non-hydrogen) atoms. The second-order valence-corrected chi connectivity index (χ2v) is 21.3. The number of hydrogen-bond donors (Lipinski definition) is 10. The molecule has 4 rings (SSSR count). The van der Waals surface area contributed by atoms with Crippen LogP contribution >= 0.6 is 58.8 Å². The highest BCUT2D eigenvalue weighted by molar-refractivity contribution is 8.16. The lowest BCUT2D eigenvalue weighted by atomic mass is 9.87. The summed E-state index contributed by atoms with van der Waals surface area (Å²) in [5, 5.41) is 28.7. The van der Waals surface area contributed by atoms with Gasteiger partial charge in [-0.25, -0.2) is 28.6 Å². The maximum atomic E-state index is 12.7. The first kappa shape index (κ1) is 52.0. The van der Waals surface area contributed by atoms with Crippen LogP contribution in [0.25, 0.3) is 11.2 Å². The van der Waals surface area contributed by atoms with Crippen LogP contribution in [0.1, 0.15) is 32.9 Å². The van der Waals surface area contributed by atoms with Crippen LogP contribution in [0.15, 0.2) is 12.7 Å². The van der Waals surface area contributed by atoms with E-state index < -0.39 is 90.6 Å². The van der Waals surface area contributed by atoms with Crippen molar-refractivity contribution in [2.24, 2.45) is 5.41 Å². The first-order valence-corrected chi connectivity index (χ1v) is 25.6. The number of hydrogen-bond acceptors (Lipinski definition) is 22. The van der Waals surface area contributed by atoms with Gasteiger partial charge in [-0.2, -0.15) is 4.31 Å². The van der Waals surface area contributed by atoms with E-state index in [1.807, 2.05) is 0 Å². The van der Waals surface area contributed by atoms with Crippen LogP contribution in [0, 0.1) is 5.41 Å². The number of nitrogen functional groups attached to an aromatic ring is 1. The molecule has 0 saturated carbocycles. The van der Waals surface area contributed by atoms with Gasteiger partial charge in [-0.1, -0.05) is 37.4 Å². The maximum Gasteiger partial charge on any atom is 0.481 e. The predicted molar refractivity (Wildman–Crippen MR) is 218 cm³/mol. The zero-order chi connectivity index (χ0) is 46.0. The molecule has 348 valence electrons. The second kappa shape index (κ2) is 22.5. The third-order valence-electron chi connectivity index (χ3n) is 8.49. The molecule has 3 amide bonds. The van der Waals surface area contributed by atoms with E-state index in [0.29, 0.717) is 12.2 Å². The van der Waals surface area contributed by atoms with Gasteiger partial charge in [-0.15, -0.1) is 11.8 Å². The number of nitrogens with one attached hydrogen (secondary N) is 3. The van der Waals surface area contributed by atoms with Crippen molar-refractivity contribution in [1.29, 1.82) is 0 Å². The van der Waals surface area contributed by atoms with Gasteiger partial charge < -0.3 is 56.2 Å². The van der Waals surface area contributed by atoms with Gasteiger partial charge in [0.1, 0.15) is 36.3 Å². The summed E-state index contributed by atoms with van der Waals surface area (Å²) in [5.74, 6) is -0.963. The molecule has 0 spiro atoms. The number of rotatable bonds is 24. The van der Waals surface area contributed by atoms with Gasteiger partial charge in [0.05, 0.1) is 37.1 Å². The highest BCUT2D eigenvalue weighted by Gasteiger charge is 2.50. The van der Waals surface area contributed by atoms with Gasteiger partial charge in [-0.3, -0.25) is 42.1 Å². The number of nitrogens with zero attached hydrogens (tertiary/aromatic N) is 4. The summed E-state index contributed by atoms with van der Waals surface area (Å²) in [6, 6.07) is -0.501. The lowest BCUT2D eigenvalue weighted by molar-refractivity contribution is -0.137. The molecule has 2 aromatic rings. The van der Waals surface area contributed by atoms with Crippen LogP contribution in [0.5, 0.6) is 0 Å². The van der Waals surface area contributed by atoms with E-state index in [1.54, 1.807) is 0 Å². The molecule has 33 heteroatoms. The Balaban J connectivity index is 1.15. The van der Waals surface area contributed by atoms with Gasteiger partial charge in [0, 0.05) is 36.4 Å². The molecule has 0 bridgehead atoms. The number of carbonyl (C=O) groups is 5. The number of phosphoric acid groups is 3. The van der Waals surface area contributed by atoms with Crippen molar-refractivity contribution in [3.63, 3.8) is 0 Å². The number of amides is 3. The van der Waals surface area contributed by atoms with E-state index in [0.717, 1.165) is 52.5 Å². The standard InChI is InChI=1S/C29H45N8O19P3S3/c1-29(2,23(42)26(43)32-5-3-17(38)31-6-8-61-19(40)11-60-10-18(39)36-15-4-7-62-28(15)44)12-53-59(50,51)56-58(48,49)52-9-16-22(55-57(45,46)47)21(41)27(54-16)37-14-35-20-24(30)33-13-34-25(20)37/h13-16,21-23,27,41-42H,3-12H2,1-2H3,(H,31,38)(H,32,43)(H,36,39)(H,48,49)(H,50,51)(H2,30,33,34)(H2,45,46,47). The molecule has 2 fully saturated rings. The van der Waals surface area contributed by atoms with Crippen LogP contribution in [-0.4, -0.2) is 157 Å². The molecule has 0 radical (unpaired) electrons. The van der Waals surface area contributed by atoms with Crippen molar-refractivity contribution in [3.8, 4) is 0 Å². The quantitative estimate of drug-likeness (QED) is 0.0425. The lowest BCUT2D eigenvalue weighted by Gasteiger charge is -2.30. The third kappa shape index (κ3) is 15.8. The first-order valence-electron chi connectivity index (χ1n) is 18.0. The summed E-state index contributed by atoms with van der Waals surface area (Å²) >= 11 is 3.20. The molecule has 4 heterocycles. The molecule has 0 aromatic carbocycles. The number of aromatic nitrogens is 4. The van der Waals surface area contributed by atoms with E-state index in [2.05, 4.69) is 39.7 Å². The molecule has 2 saturated heterocycles. The Labute approximate surface area is 364 Å². The first-order chi connectivity index (χ1) is 28.9. The van der Waals surface area contributed by atoms with Crippen LogP contribution in [0.4, 0.5) is 5.82 Å². The Morgan fingerprint density at radius 2 is 1.76 bits per heavy atom. The molecule has 2 aliphatic heterocycles. The Kier molecular flexibility index (Phi) is 18.9. The Hall–Kier alpha value is -2.60. The van der Waals surface area contributed by atoms with Gasteiger partial charge in [0.2, 0.25) is 22.8 Å². The van der Waals surface area contributed by atoms with E-state index in [1.165, 1.54) is 13.8 Å².